The van der Waals surface area contributed by atoms with Crippen LogP contribution in [0, 0.1) is 0 Å². The highest BCUT2D eigenvalue weighted by Crippen LogP contribution is 2.48. The van der Waals surface area contributed by atoms with Gasteiger partial charge in [0.1, 0.15) is 11.9 Å². The van der Waals surface area contributed by atoms with Crippen LogP contribution >= 0.6 is 0 Å². The van der Waals surface area contributed by atoms with Gasteiger partial charge in [0, 0.05) is 5.56 Å². The minimum Gasteiger partial charge on any atom is -0.437 e. The molecule has 0 aliphatic carbocycles. The second-order valence-electron chi connectivity index (χ2n) is 9.30. The van der Waals surface area contributed by atoms with Gasteiger partial charge in [0.2, 0.25) is 5.88 Å². The van der Waals surface area contributed by atoms with Gasteiger partial charge in [-0.1, -0.05) is 78.9 Å². The van der Waals surface area contributed by atoms with Crippen molar-refractivity contribution in [3.05, 3.63) is 130 Å². The number of aromatic nitrogens is 4. The third-order valence-corrected chi connectivity index (χ3v) is 7.10. The summed E-state index contributed by atoms with van der Waals surface area (Å²) in [5.74, 6) is 0.922. The zero-order valence-electron chi connectivity index (χ0n) is 19.9. The first-order valence-electron chi connectivity index (χ1n) is 12.3. The standard InChI is InChI=1S/C31H18N4O3/c36-31-25-24(19-9-2-1-3-10-19)26-29-33-28(21-15-14-18-8-4-5-11-20(18)16-21)34-35(29)17-32-30(26)38-27(25)22-12-6-7-13-23(22)37-31/h1-17,24H. The Bertz CT molecular complexity index is 2100. The monoisotopic (exact) mass is 494 g/mol. The van der Waals surface area contributed by atoms with Crippen LogP contribution < -0.4 is 10.4 Å². The second-order valence-corrected chi connectivity index (χ2v) is 9.30. The lowest BCUT2D eigenvalue weighted by atomic mass is 9.84. The molecule has 0 fully saturated rings. The Labute approximate surface area is 215 Å². The second kappa shape index (κ2) is 7.85. The quantitative estimate of drug-likeness (QED) is 0.261. The molecule has 1 aliphatic heterocycles. The highest BCUT2D eigenvalue weighted by atomic mass is 16.5. The highest BCUT2D eigenvalue weighted by molar-refractivity contribution is 5.88. The lowest BCUT2D eigenvalue weighted by Crippen LogP contribution is -2.22. The van der Waals surface area contributed by atoms with Crippen molar-refractivity contribution in [3.8, 4) is 23.0 Å². The van der Waals surface area contributed by atoms with E-state index in [1.54, 1.807) is 16.9 Å². The summed E-state index contributed by atoms with van der Waals surface area (Å²) < 4.78 is 13.8. The van der Waals surface area contributed by atoms with Crippen molar-refractivity contribution >= 4 is 27.4 Å². The predicted octanol–water partition coefficient (Wildman–Crippen LogP) is 6.34. The Kier molecular flexibility index (Phi) is 4.31. The smallest absolute Gasteiger partial charge is 0.344 e. The normalized spacial score (nSPS) is 14.4. The van der Waals surface area contributed by atoms with Gasteiger partial charge in [0.25, 0.3) is 0 Å². The fourth-order valence-electron chi connectivity index (χ4n) is 5.36. The van der Waals surface area contributed by atoms with Gasteiger partial charge in [-0.3, -0.25) is 0 Å². The Hall–Kier alpha value is -5.30. The maximum Gasteiger partial charge on any atom is 0.344 e. The van der Waals surface area contributed by atoms with Gasteiger partial charge in [-0.05, 0) is 34.5 Å². The maximum absolute atomic E-state index is 13.4. The zero-order valence-corrected chi connectivity index (χ0v) is 19.9. The topological polar surface area (TPSA) is 82.5 Å². The average molecular weight is 495 g/mol. The molecule has 180 valence electrons. The Morgan fingerprint density at radius 3 is 2.47 bits per heavy atom. The first kappa shape index (κ1) is 20.8. The van der Waals surface area contributed by atoms with Crippen LogP contribution in [0.5, 0.6) is 11.6 Å². The van der Waals surface area contributed by atoms with E-state index in [9.17, 15) is 4.79 Å². The van der Waals surface area contributed by atoms with Gasteiger partial charge in [-0.15, -0.1) is 5.10 Å². The van der Waals surface area contributed by atoms with Crippen molar-refractivity contribution in [1.82, 2.24) is 19.6 Å². The molecule has 0 amide bonds. The molecule has 1 aliphatic rings. The van der Waals surface area contributed by atoms with E-state index in [0.717, 1.165) is 21.9 Å². The molecule has 8 rings (SSSR count). The average Bonchev–Trinajstić information content (AvgIpc) is 3.41. The van der Waals surface area contributed by atoms with Gasteiger partial charge in [-0.2, -0.15) is 0 Å². The number of nitrogens with zero attached hydrogens (tertiary/aromatic N) is 4. The van der Waals surface area contributed by atoms with Gasteiger partial charge in [-0.25, -0.2) is 19.3 Å². The van der Waals surface area contributed by atoms with E-state index < -0.39 is 11.5 Å². The summed E-state index contributed by atoms with van der Waals surface area (Å²) in [6.45, 7) is 0. The molecule has 3 aromatic heterocycles. The molecule has 1 atom stereocenters. The lowest BCUT2D eigenvalue weighted by molar-refractivity contribution is 0.422. The van der Waals surface area contributed by atoms with E-state index in [4.69, 9.17) is 19.2 Å². The van der Waals surface area contributed by atoms with Gasteiger partial charge in [0.15, 0.2) is 17.2 Å². The molecule has 7 nitrogen and oxygen atoms in total. The van der Waals surface area contributed by atoms with Crippen molar-refractivity contribution in [3.63, 3.8) is 0 Å². The minimum atomic E-state index is -0.499. The molecular formula is C31H18N4O3. The van der Waals surface area contributed by atoms with E-state index in [-0.39, 0.29) is 0 Å². The molecule has 0 radical (unpaired) electrons. The first-order chi connectivity index (χ1) is 18.7. The van der Waals surface area contributed by atoms with E-state index >= 15 is 0 Å². The molecular weight excluding hydrogens is 476 g/mol. The summed E-state index contributed by atoms with van der Waals surface area (Å²) in [6, 6.07) is 31.5. The van der Waals surface area contributed by atoms with E-state index in [1.807, 2.05) is 66.7 Å². The van der Waals surface area contributed by atoms with Gasteiger partial charge >= 0.3 is 5.63 Å². The summed E-state index contributed by atoms with van der Waals surface area (Å²) in [6.07, 6.45) is 1.60. The third-order valence-electron chi connectivity index (χ3n) is 7.10. The summed E-state index contributed by atoms with van der Waals surface area (Å²) >= 11 is 0. The van der Waals surface area contributed by atoms with Crippen LogP contribution in [0.2, 0.25) is 0 Å². The van der Waals surface area contributed by atoms with Crippen molar-refractivity contribution < 1.29 is 9.15 Å². The number of para-hydroxylation sites is 1. The molecule has 7 aromatic rings. The van der Waals surface area contributed by atoms with Crippen LogP contribution in [0.1, 0.15) is 22.6 Å². The molecule has 0 spiro atoms. The molecule has 0 saturated carbocycles. The summed E-state index contributed by atoms with van der Waals surface area (Å²) in [4.78, 5) is 23.0. The molecule has 4 heterocycles. The van der Waals surface area contributed by atoms with E-state index in [0.29, 0.717) is 45.2 Å². The van der Waals surface area contributed by atoms with Gasteiger partial charge < -0.3 is 9.15 Å². The SMILES string of the molecule is O=c1oc2ccccc2c2c1C(c1ccccc1)c1c(ncn3nc(-c4ccc5ccccc5c4)nc13)O2. The number of hydrogen-bond acceptors (Lipinski definition) is 6. The van der Waals surface area contributed by atoms with Crippen molar-refractivity contribution in [2.45, 2.75) is 5.92 Å². The van der Waals surface area contributed by atoms with Crippen molar-refractivity contribution in [2.75, 3.05) is 0 Å². The molecule has 0 N–H and O–H groups in total. The molecule has 4 aromatic carbocycles. The molecule has 7 heteroatoms. The summed E-state index contributed by atoms with van der Waals surface area (Å²) in [5.41, 5.74) is 3.49. The Morgan fingerprint density at radius 1 is 0.789 bits per heavy atom. The van der Waals surface area contributed by atoms with E-state index in [1.165, 1.54) is 0 Å². The lowest BCUT2D eigenvalue weighted by Gasteiger charge is -2.27. The first-order valence-corrected chi connectivity index (χ1v) is 12.3. The minimum absolute atomic E-state index is 0.395. The molecule has 38 heavy (non-hydrogen) atoms. The van der Waals surface area contributed by atoms with Gasteiger partial charge in [0.05, 0.1) is 22.4 Å². The van der Waals surface area contributed by atoms with Crippen LogP contribution in [0.25, 0.3) is 38.8 Å². The number of rotatable bonds is 2. The fraction of sp³-hybridized carbons (Fsp3) is 0.0323. The van der Waals surface area contributed by atoms with Crippen LogP contribution in [0.4, 0.5) is 0 Å². The maximum atomic E-state index is 13.4. The van der Waals surface area contributed by atoms with Crippen LogP contribution in [0.3, 0.4) is 0 Å². The number of hydrogen-bond donors (Lipinski definition) is 0. The predicted molar refractivity (Wildman–Crippen MR) is 144 cm³/mol. The highest BCUT2D eigenvalue weighted by Gasteiger charge is 2.37. The fourth-order valence-corrected chi connectivity index (χ4v) is 5.36. The van der Waals surface area contributed by atoms with Crippen LogP contribution in [-0.2, 0) is 0 Å². The number of benzene rings is 4. The molecule has 0 saturated heterocycles. The molecule has 1 unspecified atom stereocenters. The largest absolute Gasteiger partial charge is 0.437 e. The number of fused-ring (bicyclic) bond motifs is 7. The summed E-state index contributed by atoms with van der Waals surface area (Å²) in [7, 11) is 0. The third kappa shape index (κ3) is 3.02. The van der Waals surface area contributed by atoms with Crippen molar-refractivity contribution in [2.24, 2.45) is 0 Å². The summed E-state index contributed by atoms with van der Waals surface area (Å²) in [5, 5.41) is 7.71. The Morgan fingerprint density at radius 2 is 1.58 bits per heavy atom. The van der Waals surface area contributed by atoms with Crippen molar-refractivity contribution in [1.29, 1.82) is 0 Å². The number of ether oxygens (including phenoxy) is 1. The molecule has 0 bridgehead atoms. The van der Waals surface area contributed by atoms with Crippen LogP contribution in [-0.4, -0.2) is 19.6 Å². The zero-order chi connectivity index (χ0) is 25.2. The van der Waals surface area contributed by atoms with E-state index in [2.05, 4.69) is 29.2 Å². The van der Waals surface area contributed by atoms with Crippen LogP contribution in [0.15, 0.2) is 113 Å². The Balaban J connectivity index is 1.40.